The summed E-state index contributed by atoms with van der Waals surface area (Å²) in [6.07, 6.45) is 1.45. The molecule has 2 heterocycles. The highest BCUT2D eigenvalue weighted by atomic mass is 16.4. The first kappa shape index (κ1) is 10.5. The fourth-order valence-electron chi connectivity index (χ4n) is 1.76. The molecule has 5 heteroatoms. The van der Waals surface area contributed by atoms with Gasteiger partial charge in [-0.1, -0.05) is 0 Å². The van der Waals surface area contributed by atoms with E-state index in [4.69, 9.17) is 8.83 Å². The molecule has 0 aliphatic carbocycles. The van der Waals surface area contributed by atoms with Crippen molar-refractivity contribution in [1.82, 2.24) is 0 Å². The molecule has 0 atom stereocenters. The second-order valence-electron chi connectivity index (χ2n) is 3.78. The molecule has 3 aromatic rings. The van der Waals surface area contributed by atoms with E-state index >= 15 is 0 Å². The van der Waals surface area contributed by atoms with Crippen molar-refractivity contribution in [3.8, 4) is 22.8 Å². The van der Waals surface area contributed by atoms with Crippen LogP contribution in [0.2, 0.25) is 0 Å². The summed E-state index contributed by atoms with van der Waals surface area (Å²) in [5.41, 5.74) is -0.425. The molecule has 1 aromatic carbocycles. The monoisotopic (exact) mass is 244 g/mol. The van der Waals surface area contributed by atoms with Gasteiger partial charge in [0.05, 0.1) is 6.26 Å². The Balaban J connectivity index is 2.36. The highest BCUT2D eigenvalue weighted by molar-refractivity contribution is 5.87. The Morgan fingerprint density at radius 1 is 1.11 bits per heavy atom. The molecule has 0 amide bonds. The highest BCUT2D eigenvalue weighted by Crippen LogP contribution is 2.33. The third-order valence-electron chi connectivity index (χ3n) is 2.64. The van der Waals surface area contributed by atoms with Crippen molar-refractivity contribution in [3.05, 3.63) is 47.0 Å². The molecule has 90 valence electrons. The minimum absolute atomic E-state index is 0.0460. The van der Waals surface area contributed by atoms with E-state index in [1.54, 1.807) is 24.3 Å². The Kier molecular flexibility index (Phi) is 2.13. The smallest absolute Gasteiger partial charge is 0.347 e. The number of phenolic OH excluding ortho intramolecular Hbond substituents is 2. The molecule has 0 saturated carbocycles. The van der Waals surface area contributed by atoms with Crippen LogP contribution in [0.4, 0.5) is 0 Å². The maximum Gasteiger partial charge on any atom is 0.347 e. The SMILES string of the molecule is O=c1oc2c(O)c(O)ccc2cc1-c1ccco1. The quantitative estimate of drug-likeness (QED) is 0.507. The number of aromatic hydroxyl groups is 2. The summed E-state index contributed by atoms with van der Waals surface area (Å²) in [6.45, 7) is 0. The lowest BCUT2D eigenvalue weighted by molar-refractivity contribution is 0.397. The highest BCUT2D eigenvalue weighted by Gasteiger charge is 2.14. The van der Waals surface area contributed by atoms with Crippen molar-refractivity contribution >= 4 is 11.0 Å². The molecule has 18 heavy (non-hydrogen) atoms. The fraction of sp³-hybridized carbons (Fsp3) is 0. The van der Waals surface area contributed by atoms with Crippen LogP contribution in [0.3, 0.4) is 0 Å². The van der Waals surface area contributed by atoms with Crippen LogP contribution >= 0.6 is 0 Å². The van der Waals surface area contributed by atoms with E-state index in [1.807, 2.05) is 0 Å². The number of hydrogen-bond acceptors (Lipinski definition) is 5. The maximum absolute atomic E-state index is 11.8. The Morgan fingerprint density at radius 3 is 2.67 bits per heavy atom. The lowest BCUT2D eigenvalue weighted by Gasteiger charge is -2.03. The molecule has 0 unspecified atom stereocenters. The summed E-state index contributed by atoms with van der Waals surface area (Å²) >= 11 is 0. The number of benzene rings is 1. The maximum atomic E-state index is 11.8. The number of rotatable bonds is 1. The standard InChI is InChI=1S/C13H8O5/c14-9-4-3-7-6-8(10-2-1-5-17-10)13(16)18-12(7)11(9)15/h1-6,14-15H. The molecule has 0 fully saturated rings. The zero-order chi connectivity index (χ0) is 12.7. The van der Waals surface area contributed by atoms with Crippen molar-refractivity contribution in [2.45, 2.75) is 0 Å². The van der Waals surface area contributed by atoms with Crippen LogP contribution < -0.4 is 5.63 Å². The molecule has 0 aliphatic heterocycles. The number of phenols is 2. The predicted molar refractivity (Wildman–Crippen MR) is 63.5 cm³/mol. The van der Waals surface area contributed by atoms with Crippen molar-refractivity contribution in [2.75, 3.05) is 0 Å². The molecule has 0 spiro atoms. The minimum atomic E-state index is -0.640. The summed E-state index contributed by atoms with van der Waals surface area (Å²) in [5, 5.41) is 19.4. The van der Waals surface area contributed by atoms with Crippen LogP contribution in [-0.4, -0.2) is 10.2 Å². The summed E-state index contributed by atoms with van der Waals surface area (Å²) in [4.78, 5) is 11.8. The van der Waals surface area contributed by atoms with E-state index in [2.05, 4.69) is 0 Å². The first-order valence-electron chi connectivity index (χ1n) is 5.19. The van der Waals surface area contributed by atoms with Gasteiger partial charge < -0.3 is 19.0 Å². The van der Waals surface area contributed by atoms with Gasteiger partial charge in [0, 0.05) is 5.39 Å². The van der Waals surface area contributed by atoms with Crippen molar-refractivity contribution in [3.63, 3.8) is 0 Å². The molecule has 0 radical (unpaired) electrons. The third kappa shape index (κ3) is 1.45. The summed E-state index contributed by atoms with van der Waals surface area (Å²) in [7, 11) is 0. The van der Waals surface area contributed by atoms with Gasteiger partial charge >= 0.3 is 5.63 Å². The Bertz CT molecular complexity index is 768. The molecular weight excluding hydrogens is 236 g/mol. The normalized spacial score (nSPS) is 10.9. The van der Waals surface area contributed by atoms with Crippen LogP contribution in [0.15, 0.2) is 50.2 Å². The van der Waals surface area contributed by atoms with Crippen molar-refractivity contribution < 1.29 is 19.0 Å². The molecule has 5 nitrogen and oxygen atoms in total. The summed E-state index contributed by atoms with van der Waals surface area (Å²) < 4.78 is 10.1. The van der Waals surface area contributed by atoms with Gasteiger partial charge in [-0.15, -0.1) is 0 Å². The van der Waals surface area contributed by atoms with E-state index in [1.165, 1.54) is 12.3 Å². The van der Waals surface area contributed by atoms with Crippen LogP contribution in [0.25, 0.3) is 22.3 Å². The van der Waals surface area contributed by atoms with Gasteiger partial charge in [-0.2, -0.15) is 0 Å². The Labute approximate surface area is 101 Å². The Hall–Kier alpha value is -2.69. The predicted octanol–water partition coefficient (Wildman–Crippen LogP) is 2.46. The largest absolute Gasteiger partial charge is 0.504 e. The zero-order valence-corrected chi connectivity index (χ0v) is 9.08. The lowest BCUT2D eigenvalue weighted by Crippen LogP contribution is -2.01. The molecule has 0 bridgehead atoms. The van der Waals surface area contributed by atoms with Gasteiger partial charge in [-0.3, -0.25) is 0 Å². The van der Waals surface area contributed by atoms with E-state index in [9.17, 15) is 15.0 Å². The minimum Gasteiger partial charge on any atom is -0.504 e. The van der Waals surface area contributed by atoms with Crippen molar-refractivity contribution in [1.29, 1.82) is 0 Å². The van der Waals surface area contributed by atoms with Crippen LogP contribution in [-0.2, 0) is 0 Å². The second kappa shape index (κ2) is 3.66. The molecular formula is C13H8O5. The Morgan fingerprint density at radius 2 is 1.94 bits per heavy atom. The number of furan rings is 1. The average Bonchev–Trinajstić information content (AvgIpc) is 2.88. The molecule has 2 aromatic heterocycles. The van der Waals surface area contributed by atoms with Gasteiger partial charge in [0.1, 0.15) is 11.3 Å². The van der Waals surface area contributed by atoms with Crippen LogP contribution in [0, 0.1) is 0 Å². The van der Waals surface area contributed by atoms with Gasteiger partial charge in [-0.05, 0) is 30.3 Å². The van der Waals surface area contributed by atoms with Crippen molar-refractivity contribution in [2.24, 2.45) is 0 Å². The lowest BCUT2D eigenvalue weighted by atomic mass is 10.1. The third-order valence-corrected chi connectivity index (χ3v) is 2.64. The van der Waals surface area contributed by atoms with Gasteiger partial charge in [0.15, 0.2) is 11.3 Å². The van der Waals surface area contributed by atoms with E-state index in [0.29, 0.717) is 11.1 Å². The fourth-order valence-corrected chi connectivity index (χ4v) is 1.76. The summed E-state index contributed by atoms with van der Waals surface area (Å²) in [5.74, 6) is -0.398. The average molecular weight is 244 g/mol. The molecule has 0 saturated heterocycles. The van der Waals surface area contributed by atoms with E-state index in [0.717, 1.165) is 0 Å². The number of hydrogen-bond donors (Lipinski definition) is 2. The van der Waals surface area contributed by atoms with Gasteiger partial charge in [0.2, 0.25) is 5.75 Å². The van der Waals surface area contributed by atoms with E-state index in [-0.39, 0.29) is 16.9 Å². The molecule has 2 N–H and O–H groups in total. The topological polar surface area (TPSA) is 83.8 Å². The first-order chi connectivity index (χ1) is 8.66. The summed E-state index contributed by atoms with van der Waals surface area (Å²) in [6, 6.07) is 7.70. The van der Waals surface area contributed by atoms with Gasteiger partial charge in [0.25, 0.3) is 0 Å². The van der Waals surface area contributed by atoms with E-state index < -0.39 is 11.4 Å². The second-order valence-corrected chi connectivity index (χ2v) is 3.78. The van der Waals surface area contributed by atoms with Crippen LogP contribution in [0.5, 0.6) is 11.5 Å². The van der Waals surface area contributed by atoms with Gasteiger partial charge in [-0.25, -0.2) is 4.79 Å². The molecule has 3 rings (SSSR count). The number of fused-ring (bicyclic) bond motifs is 1. The first-order valence-corrected chi connectivity index (χ1v) is 5.19. The van der Waals surface area contributed by atoms with Crippen LogP contribution in [0.1, 0.15) is 0 Å². The zero-order valence-electron chi connectivity index (χ0n) is 9.08. The molecule has 0 aliphatic rings.